The number of rotatable bonds is 4. The van der Waals surface area contributed by atoms with E-state index in [1.54, 1.807) is 36.4 Å². The van der Waals surface area contributed by atoms with Crippen LogP contribution in [-0.4, -0.2) is 23.2 Å². The number of aromatic nitrogens is 2. The number of nitrogens with one attached hydrogen (secondary N) is 1. The second-order valence-electron chi connectivity index (χ2n) is 5.57. The summed E-state index contributed by atoms with van der Waals surface area (Å²) < 4.78 is 43.2. The minimum atomic E-state index is -4.50. The van der Waals surface area contributed by atoms with E-state index in [0.717, 1.165) is 17.7 Å². The van der Waals surface area contributed by atoms with Gasteiger partial charge in [-0.05, 0) is 36.4 Å². The summed E-state index contributed by atoms with van der Waals surface area (Å²) in [5, 5.41) is 10.5. The van der Waals surface area contributed by atoms with E-state index in [0.29, 0.717) is 17.3 Å². The van der Waals surface area contributed by atoms with Crippen molar-refractivity contribution < 1.29 is 22.7 Å². The van der Waals surface area contributed by atoms with E-state index in [1.807, 2.05) is 0 Å². The second kappa shape index (κ2) is 7.45. The molecule has 0 aliphatic heterocycles. The quantitative estimate of drug-likeness (QED) is 0.735. The van der Waals surface area contributed by atoms with Gasteiger partial charge in [0.05, 0.1) is 18.4 Å². The lowest BCUT2D eigenvalue weighted by atomic mass is 10.1. The Hall–Kier alpha value is -3.42. The molecule has 0 aliphatic rings. The van der Waals surface area contributed by atoms with Crippen molar-refractivity contribution in [3.63, 3.8) is 0 Å². The molecule has 0 unspecified atom stereocenters. The Labute approximate surface area is 152 Å². The van der Waals surface area contributed by atoms with Gasteiger partial charge in [0, 0.05) is 22.9 Å². The van der Waals surface area contributed by atoms with Crippen molar-refractivity contribution in [3.05, 3.63) is 71.8 Å². The standard InChI is InChI=1S/C19H14F3N3O2/c1-27-17-10-9-16(24-25-17)12-5-7-15(8-6-12)23-18(26)13-3-2-4-14(11-13)19(20,21)22/h2-11H,1H3,(H,23,26). The van der Waals surface area contributed by atoms with E-state index in [1.165, 1.54) is 19.2 Å². The van der Waals surface area contributed by atoms with Gasteiger partial charge < -0.3 is 10.1 Å². The number of ether oxygens (including phenoxy) is 1. The van der Waals surface area contributed by atoms with Crippen LogP contribution in [0, 0.1) is 0 Å². The molecule has 5 nitrogen and oxygen atoms in total. The van der Waals surface area contributed by atoms with E-state index in [4.69, 9.17) is 4.74 Å². The zero-order valence-corrected chi connectivity index (χ0v) is 14.1. The van der Waals surface area contributed by atoms with E-state index < -0.39 is 17.6 Å². The fraction of sp³-hybridized carbons (Fsp3) is 0.105. The smallest absolute Gasteiger partial charge is 0.416 e. The first kappa shape index (κ1) is 18.4. The molecule has 0 spiro atoms. The Morgan fingerprint density at radius 2 is 1.74 bits per heavy atom. The average molecular weight is 373 g/mol. The first-order valence-corrected chi connectivity index (χ1v) is 7.83. The normalized spacial score (nSPS) is 11.1. The summed E-state index contributed by atoms with van der Waals surface area (Å²) >= 11 is 0. The van der Waals surface area contributed by atoms with Gasteiger partial charge in [-0.3, -0.25) is 4.79 Å². The third-order valence-electron chi connectivity index (χ3n) is 3.74. The van der Waals surface area contributed by atoms with Gasteiger partial charge in [0.1, 0.15) is 0 Å². The van der Waals surface area contributed by atoms with Gasteiger partial charge >= 0.3 is 6.18 Å². The number of anilines is 1. The van der Waals surface area contributed by atoms with Crippen LogP contribution in [-0.2, 0) is 6.18 Å². The third kappa shape index (κ3) is 4.41. The number of hydrogen-bond acceptors (Lipinski definition) is 4. The van der Waals surface area contributed by atoms with E-state index in [9.17, 15) is 18.0 Å². The van der Waals surface area contributed by atoms with Crippen LogP contribution >= 0.6 is 0 Å². The van der Waals surface area contributed by atoms with Crippen molar-refractivity contribution in [2.24, 2.45) is 0 Å². The summed E-state index contributed by atoms with van der Waals surface area (Å²) in [6.07, 6.45) is -4.50. The second-order valence-corrected chi connectivity index (χ2v) is 5.57. The Bertz CT molecular complexity index is 940. The van der Waals surface area contributed by atoms with Crippen LogP contribution in [0.15, 0.2) is 60.7 Å². The van der Waals surface area contributed by atoms with Crippen LogP contribution in [0.4, 0.5) is 18.9 Å². The first-order valence-electron chi connectivity index (χ1n) is 7.83. The maximum absolute atomic E-state index is 12.8. The number of hydrogen-bond donors (Lipinski definition) is 1. The minimum absolute atomic E-state index is 0.0741. The Morgan fingerprint density at radius 3 is 2.33 bits per heavy atom. The molecule has 27 heavy (non-hydrogen) atoms. The molecule has 1 heterocycles. The molecule has 0 fully saturated rings. The highest BCUT2D eigenvalue weighted by Crippen LogP contribution is 2.29. The highest BCUT2D eigenvalue weighted by Gasteiger charge is 2.30. The van der Waals surface area contributed by atoms with Gasteiger partial charge in [-0.2, -0.15) is 13.2 Å². The number of benzene rings is 2. The van der Waals surface area contributed by atoms with Gasteiger partial charge in [0.15, 0.2) is 0 Å². The lowest BCUT2D eigenvalue weighted by Crippen LogP contribution is -2.13. The third-order valence-corrected chi connectivity index (χ3v) is 3.74. The lowest BCUT2D eigenvalue weighted by Gasteiger charge is -2.10. The SMILES string of the molecule is COc1ccc(-c2ccc(NC(=O)c3cccc(C(F)(F)F)c3)cc2)nn1. The van der Waals surface area contributed by atoms with Crippen molar-refractivity contribution in [1.82, 2.24) is 10.2 Å². The summed E-state index contributed by atoms with van der Waals surface area (Å²) in [5.41, 5.74) is 0.884. The average Bonchev–Trinajstić information content (AvgIpc) is 2.68. The van der Waals surface area contributed by atoms with Crippen molar-refractivity contribution in [1.29, 1.82) is 0 Å². The van der Waals surface area contributed by atoms with Crippen LogP contribution in [0.1, 0.15) is 15.9 Å². The topological polar surface area (TPSA) is 64.1 Å². The molecule has 138 valence electrons. The molecule has 2 aromatic carbocycles. The molecular weight excluding hydrogens is 359 g/mol. The fourth-order valence-electron chi connectivity index (χ4n) is 2.35. The number of carbonyl (C=O) groups excluding carboxylic acids is 1. The van der Waals surface area contributed by atoms with Crippen LogP contribution in [0.3, 0.4) is 0 Å². The monoisotopic (exact) mass is 373 g/mol. The van der Waals surface area contributed by atoms with Gasteiger partial charge in [-0.15, -0.1) is 10.2 Å². The summed E-state index contributed by atoms with van der Waals surface area (Å²) in [4.78, 5) is 12.2. The highest BCUT2D eigenvalue weighted by atomic mass is 19.4. The molecule has 3 aromatic rings. The van der Waals surface area contributed by atoms with Crippen molar-refractivity contribution in [3.8, 4) is 17.1 Å². The number of methoxy groups -OCH3 is 1. The van der Waals surface area contributed by atoms with Gasteiger partial charge in [-0.1, -0.05) is 18.2 Å². The van der Waals surface area contributed by atoms with Crippen LogP contribution in [0.5, 0.6) is 5.88 Å². The summed E-state index contributed by atoms with van der Waals surface area (Å²) in [6, 6.07) is 14.4. The van der Waals surface area contributed by atoms with Crippen molar-refractivity contribution in [2.75, 3.05) is 12.4 Å². The first-order chi connectivity index (χ1) is 12.9. The predicted molar refractivity (Wildman–Crippen MR) is 93.4 cm³/mol. The fourth-order valence-corrected chi connectivity index (χ4v) is 2.35. The van der Waals surface area contributed by atoms with E-state index in [-0.39, 0.29) is 5.56 Å². The number of nitrogens with zero attached hydrogens (tertiary/aromatic N) is 2. The summed E-state index contributed by atoms with van der Waals surface area (Å²) in [7, 11) is 1.49. The molecule has 1 amide bonds. The Morgan fingerprint density at radius 1 is 1.00 bits per heavy atom. The van der Waals surface area contributed by atoms with Crippen LogP contribution in [0.25, 0.3) is 11.3 Å². The maximum atomic E-state index is 12.8. The predicted octanol–water partition coefficient (Wildman–Crippen LogP) is 4.42. The molecule has 0 saturated heterocycles. The van der Waals surface area contributed by atoms with Gasteiger partial charge in [0.2, 0.25) is 5.88 Å². The molecular formula is C19H14F3N3O2. The number of halogens is 3. The zero-order chi connectivity index (χ0) is 19.4. The van der Waals surface area contributed by atoms with Crippen LogP contribution < -0.4 is 10.1 Å². The molecule has 0 radical (unpaired) electrons. The molecule has 1 aromatic heterocycles. The van der Waals surface area contributed by atoms with Crippen molar-refractivity contribution >= 4 is 11.6 Å². The molecule has 3 rings (SSSR count). The zero-order valence-electron chi connectivity index (χ0n) is 14.1. The van der Waals surface area contributed by atoms with E-state index in [2.05, 4.69) is 15.5 Å². The summed E-state index contributed by atoms with van der Waals surface area (Å²) in [5.74, 6) is -0.234. The molecule has 0 aliphatic carbocycles. The highest BCUT2D eigenvalue weighted by molar-refractivity contribution is 6.04. The van der Waals surface area contributed by atoms with Crippen LogP contribution in [0.2, 0.25) is 0 Å². The molecule has 1 N–H and O–H groups in total. The largest absolute Gasteiger partial charge is 0.480 e. The van der Waals surface area contributed by atoms with E-state index >= 15 is 0 Å². The maximum Gasteiger partial charge on any atom is 0.416 e. The molecule has 0 saturated carbocycles. The molecule has 8 heteroatoms. The lowest BCUT2D eigenvalue weighted by molar-refractivity contribution is -0.137. The Kier molecular flexibility index (Phi) is 5.07. The number of carbonyl (C=O) groups is 1. The summed E-state index contributed by atoms with van der Waals surface area (Å²) in [6.45, 7) is 0. The Balaban J connectivity index is 1.73. The number of amides is 1. The molecule has 0 atom stereocenters. The van der Waals surface area contributed by atoms with Gasteiger partial charge in [-0.25, -0.2) is 0 Å². The minimum Gasteiger partial charge on any atom is -0.480 e. The molecule has 0 bridgehead atoms. The number of alkyl halides is 3. The van der Waals surface area contributed by atoms with Gasteiger partial charge in [0.25, 0.3) is 5.91 Å². The van der Waals surface area contributed by atoms with Crippen molar-refractivity contribution in [2.45, 2.75) is 6.18 Å².